The van der Waals surface area contributed by atoms with Crippen molar-refractivity contribution in [2.75, 3.05) is 13.7 Å². The van der Waals surface area contributed by atoms with E-state index in [0.717, 1.165) is 29.9 Å². The summed E-state index contributed by atoms with van der Waals surface area (Å²) in [7, 11) is -2.39. The minimum absolute atomic E-state index is 0.0629. The van der Waals surface area contributed by atoms with Crippen LogP contribution in [0.3, 0.4) is 0 Å². The first kappa shape index (κ1) is 21.2. The number of carbonyl (C=O) groups excluding carboxylic acids is 1. The van der Waals surface area contributed by atoms with Crippen molar-refractivity contribution in [3.05, 3.63) is 64.0 Å². The summed E-state index contributed by atoms with van der Waals surface area (Å²) < 4.78 is 45.5. The van der Waals surface area contributed by atoms with Crippen molar-refractivity contribution in [3.63, 3.8) is 0 Å². The molecule has 1 fully saturated rings. The average molecular weight is 441 g/mol. The third kappa shape index (κ3) is 3.73. The molecule has 1 aromatic carbocycles. The second-order valence-electron chi connectivity index (χ2n) is 7.55. The molecule has 0 bridgehead atoms. The molecule has 1 aliphatic heterocycles. The molecule has 0 saturated heterocycles. The van der Waals surface area contributed by atoms with Crippen LogP contribution in [0, 0.1) is 17.1 Å². The molecule has 7 nitrogen and oxygen atoms in total. The van der Waals surface area contributed by atoms with Gasteiger partial charge in [0.25, 0.3) is 0 Å². The summed E-state index contributed by atoms with van der Waals surface area (Å²) >= 11 is 0. The van der Waals surface area contributed by atoms with Crippen LogP contribution in [0.2, 0.25) is 0 Å². The van der Waals surface area contributed by atoms with Crippen LogP contribution in [0.1, 0.15) is 51.5 Å². The van der Waals surface area contributed by atoms with E-state index in [-0.39, 0.29) is 41.4 Å². The highest BCUT2D eigenvalue weighted by Crippen LogP contribution is 2.45. The molecule has 0 spiro atoms. The van der Waals surface area contributed by atoms with E-state index in [4.69, 9.17) is 0 Å². The molecular weight excluding hydrogens is 421 g/mol. The Morgan fingerprint density at radius 3 is 2.71 bits per heavy atom. The maximum absolute atomic E-state index is 14.9. The maximum atomic E-state index is 14.9. The van der Waals surface area contributed by atoms with Gasteiger partial charge >= 0.3 is 5.97 Å². The molecule has 1 aliphatic carbocycles. The Balaban J connectivity index is 1.88. The molecule has 2 heterocycles. The third-order valence-electron chi connectivity index (χ3n) is 5.68. The summed E-state index contributed by atoms with van der Waals surface area (Å²) in [6, 6.07) is 6.07. The van der Waals surface area contributed by atoms with Crippen molar-refractivity contribution in [1.29, 1.82) is 5.26 Å². The second-order valence-corrected chi connectivity index (χ2v) is 9.42. The number of sulfonamides is 1. The molecule has 1 aromatic heterocycles. The number of rotatable bonds is 5. The molecule has 4 rings (SSSR count). The smallest absolute Gasteiger partial charge is 0.337 e. The fraction of sp³-hybridized carbons (Fsp3) is 0.318. The van der Waals surface area contributed by atoms with Crippen LogP contribution in [0.5, 0.6) is 0 Å². The van der Waals surface area contributed by atoms with Crippen molar-refractivity contribution in [1.82, 2.24) is 9.29 Å². The van der Waals surface area contributed by atoms with Gasteiger partial charge in [-0.1, -0.05) is 6.58 Å². The first-order valence-corrected chi connectivity index (χ1v) is 11.3. The lowest BCUT2D eigenvalue weighted by atomic mass is 9.90. The number of aromatic nitrogens is 1. The molecule has 0 amide bonds. The maximum Gasteiger partial charge on any atom is 0.337 e. The van der Waals surface area contributed by atoms with Crippen LogP contribution in [0.15, 0.2) is 30.2 Å². The zero-order valence-corrected chi connectivity index (χ0v) is 17.7. The molecule has 1 saturated carbocycles. The molecular formula is C22H20FN3O4S. The van der Waals surface area contributed by atoms with Gasteiger partial charge in [0.05, 0.1) is 23.9 Å². The van der Waals surface area contributed by atoms with Crippen LogP contribution in [-0.2, 0) is 27.7 Å². The Morgan fingerprint density at radius 1 is 1.39 bits per heavy atom. The summed E-state index contributed by atoms with van der Waals surface area (Å²) in [6.07, 6.45) is 2.13. The Morgan fingerprint density at radius 2 is 2.13 bits per heavy atom. The number of nitrogens with zero attached hydrogens (tertiary/aromatic N) is 3. The van der Waals surface area contributed by atoms with Crippen molar-refractivity contribution < 1.29 is 22.3 Å². The highest BCUT2D eigenvalue weighted by Gasteiger charge is 2.36. The molecule has 0 unspecified atom stereocenters. The zero-order chi connectivity index (χ0) is 22.3. The number of halogens is 1. The summed E-state index contributed by atoms with van der Waals surface area (Å²) in [5.41, 5.74) is 2.79. The molecule has 160 valence electrons. The largest absolute Gasteiger partial charge is 0.465 e. The Labute approximate surface area is 179 Å². The predicted molar refractivity (Wildman–Crippen MR) is 111 cm³/mol. The number of ether oxygens (including phenoxy) is 1. The van der Waals surface area contributed by atoms with E-state index < -0.39 is 21.8 Å². The molecule has 31 heavy (non-hydrogen) atoms. The van der Waals surface area contributed by atoms with Crippen molar-refractivity contribution >= 4 is 16.0 Å². The van der Waals surface area contributed by atoms with E-state index in [0.29, 0.717) is 17.7 Å². The minimum atomic E-state index is -3.61. The fourth-order valence-electron chi connectivity index (χ4n) is 3.92. The zero-order valence-electron chi connectivity index (χ0n) is 16.9. The van der Waals surface area contributed by atoms with Gasteiger partial charge in [0.2, 0.25) is 10.0 Å². The number of esters is 1. The van der Waals surface area contributed by atoms with Crippen molar-refractivity contribution in [2.45, 2.75) is 31.7 Å². The normalized spacial score (nSPS) is 16.3. The number of nitriles is 1. The Hall–Kier alpha value is -3.09. The molecule has 0 N–H and O–H groups in total. The lowest BCUT2D eigenvalue weighted by Crippen LogP contribution is -2.36. The van der Waals surface area contributed by atoms with E-state index in [1.807, 2.05) is 0 Å². The summed E-state index contributed by atoms with van der Waals surface area (Å²) in [5, 5.41) is 10.8. The van der Waals surface area contributed by atoms with Crippen LogP contribution in [-0.4, -0.2) is 37.3 Å². The van der Waals surface area contributed by atoms with E-state index in [9.17, 15) is 22.9 Å². The van der Waals surface area contributed by atoms with Gasteiger partial charge in [0, 0.05) is 35.7 Å². The van der Waals surface area contributed by atoms with Gasteiger partial charge < -0.3 is 4.74 Å². The summed E-state index contributed by atoms with van der Waals surface area (Å²) in [6.45, 7) is 3.70. The number of hydrogen-bond donors (Lipinski definition) is 0. The number of hydrogen-bond acceptors (Lipinski definition) is 6. The third-order valence-corrected chi connectivity index (χ3v) is 7.13. The molecule has 9 heteroatoms. The van der Waals surface area contributed by atoms with Crippen molar-refractivity contribution in [3.8, 4) is 17.3 Å². The average Bonchev–Trinajstić information content (AvgIpc) is 3.62. The first-order chi connectivity index (χ1) is 14.8. The summed E-state index contributed by atoms with van der Waals surface area (Å²) in [4.78, 5) is 16.4. The Kier molecular flexibility index (Phi) is 5.37. The minimum Gasteiger partial charge on any atom is -0.465 e. The van der Waals surface area contributed by atoms with Crippen LogP contribution in [0.4, 0.5) is 4.39 Å². The molecule has 0 atom stereocenters. The van der Waals surface area contributed by atoms with E-state index >= 15 is 0 Å². The van der Waals surface area contributed by atoms with Gasteiger partial charge in [0.15, 0.2) is 0 Å². The van der Waals surface area contributed by atoms with Crippen LogP contribution in [0.25, 0.3) is 11.3 Å². The standard InChI is InChI=1S/C22H20FN3O4S/c1-3-31(28,29)26-9-8-15-17(11-24)21(25-20(13-4-5-13)18(15)12-26)16-7-6-14(10-19(16)23)22(27)30-2/h3,6-7,10,13H,1,4-5,8-9,12H2,2H3. The van der Waals surface area contributed by atoms with Gasteiger partial charge in [-0.2, -0.15) is 9.57 Å². The van der Waals surface area contributed by atoms with Gasteiger partial charge in [-0.05, 0) is 48.6 Å². The van der Waals surface area contributed by atoms with Crippen LogP contribution < -0.4 is 0 Å². The monoisotopic (exact) mass is 441 g/mol. The Bertz CT molecular complexity index is 1250. The number of fused-ring (bicyclic) bond motifs is 1. The SMILES string of the molecule is C=CS(=O)(=O)N1CCc2c(C#N)c(-c3ccc(C(=O)OC)cc3F)nc(C3CC3)c2C1. The lowest BCUT2D eigenvalue weighted by molar-refractivity contribution is 0.0600. The highest BCUT2D eigenvalue weighted by atomic mass is 32.2. The van der Waals surface area contributed by atoms with Crippen molar-refractivity contribution in [2.24, 2.45) is 0 Å². The fourth-order valence-corrected chi connectivity index (χ4v) is 4.79. The van der Waals surface area contributed by atoms with Gasteiger partial charge in [0.1, 0.15) is 11.9 Å². The number of carbonyl (C=O) groups is 1. The second kappa shape index (κ2) is 7.87. The lowest BCUT2D eigenvalue weighted by Gasteiger charge is -2.29. The van der Waals surface area contributed by atoms with E-state index in [1.165, 1.54) is 23.5 Å². The molecule has 0 radical (unpaired) electrons. The van der Waals surface area contributed by atoms with Gasteiger partial charge in [-0.15, -0.1) is 0 Å². The predicted octanol–water partition coefficient (Wildman–Crippen LogP) is 3.25. The van der Waals surface area contributed by atoms with E-state index in [1.54, 1.807) is 0 Å². The number of pyridine rings is 1. The highest BCUT2D eigenvalue weighted by molar-refractivity contribution is 7.91. The summed E-state index contributed by atoms with van der Waals surface area (Å²) in [5.74, 6) is -1.18. The molecule has 2 aliphatic rings. The number of methoxy groups -OCH3 is 1. The quantitative estimate of drug-likeness (QED) is 0.661. The first-order valence-electron chi connectivity index (χ1n) is 9.77. The van der Waals surface area contributed by atoms with Crippen LogP contribution >= 0.6 is 0 Å². The van der Waals surface area contributed by atoms with Gasteiger partial charge in [-0.3, -0.25) is 4.98 Å². The number of benzene rings is 1. The van der Waals surface area contributed by atoms with E-state index in [2.05, 4.69) is 22.4 Å². The van der Waals surface area contributed by atoms with Gasteiger partial charge in [-0.25, -0.2) is 17.6 Å². The molecule has 2 aromatic rings. The topological polar surface area (TPSA) is 100 Å².